The molecule has 2 aliphatic rings. The summed E-state index contributed by atoms with van der Waals surface area (Å²) in [5, 5.41) is 5.74. The monoisotopic (exact) mass is 413 g/mol. The van der Waals surface area contributed by atoms with E-state index >= 15 is 0 Å². The van der Waals surface area contributed by atoms with Crippen molar-refractivity contribution >= 4 is 23.4 Å². The Balaban J connectivity index is 1.48. The van der Waals surface area contributed by atoms with Crippen LogP contribution in [0.3, 0.4) is 0 Å². The molecule has 1 N–H and O–H groups in total. The Kier molecular flexibility index (Phi) is 5.91. The summed E-state index contributed by atoms with van der Waals surface area (Å²) in [7, 11) is 2.10. The van der Waals surface area contributed by atoms with Crippen molar-refractivity contribution in [2.24, 2.45) is 0 Å². The number of amides is 1. The van der Waals surface area contributed by atoms with Gasteiger partial charge in [-0.25, -0.2) is 9.47 Å². The summed E-state index contributed by atoms with van der Waals surface area (Å²) in [4.78, 5) is 31.8. The Hall–Kier alpha value is -2.32. The molecule has 1 aromatic carbocycles. The van der Waals surface area contributed by atoms with Crippen LogP contribution in [0.2, 0.25) is 0 Å². The van der Waals surface area contributed by atoms with Crippen molar-refractivity contribution < 1.29 is 4.79 Å². The average Bonchev–Trinajstić information content (AvgIpc) is 3.19. The van der Waals surface area contributed by atoms with Crippen molar-refractivity contribution in [3.8, 4) is 0 Å². The predicted molar refractivity (Wildman–Crippen MR) is 117 cm³/mol. The van der Waals surface area contributed by atoms with E-state index in [0.29, 0.717) is 5.03 Å². The summed E-state index contributed by atoms with van der Waals surface area (Å²) >= 11 is 1.36. The number of hydrogen-bond acceptors (Lipinski definition) is 6. The van der Waals surface area contributed by atoms with Gasteiger partial charge in [-0.15, -0.1) is 0 Å². The molecule has 1 aliphatic heterocycles. The van der Waals surface area contributed by atoms with Gasteiger partial charge in [-0.05, 0) is 45.4 Å². The third-order valence-corrected chi connectivity index (χ3v) is 6.54. The van der Waals surface area contributed by atoms with E-state index in [-0.39, 0.29) is 17.3 Å². The summed E-state index contributed by atoms with van der Waals surface area (Å²) < 4.78 is 1.80. The van der Waals surface area contributed by atoms with Crippen molar-refractivity contribution in [1.29, 1.82) is 0 Å². The molecule has 1 fully saturated rings. The maximum Gasteiger partial charge on any atom is 0.367 e. The predicted octanol–water partition coefficient (Wildman–Crippen LogP) is 1.65. The van der Waals surface area contributed by atoms with E-state index in [4.69, 9.17) is 0 Å². The van der Waals surface area contributed by atoms with Gasteiger partial charge in [0.2, 0.25) is 5.91 Å². The molecular weight excluding hydrogens is 386 g/mol. The highest BCUT2D eigenvalue weighted by atomic mass is 32.2. The second-order valence-electron chi connectivity index (χ2n) is 7.75. The molecule has 154 valence electrons. The lowest BCUT2D eigenvalue weighted by molar-refractivity contribution is -0.113. The number of rotatable bonds is 5. The molecule has 0 unspecified atom stereocenters. The first kappa shape index (κ1) is 20.0. The van der Waals surface area contributed by atoms with Crippen LogP contribution in [0.4, 0.5) is 5.69 Å². The fraction of sp³-hybridized carbons (Fsp3) is 0.476. The average molecular weight is 414 g/mol. The SMILES string of the molecule is Cc1ccc(NC(=O)CSc2nc(=O)n(N3CCN(C)CC3)c3c2CCC3)cc1. The molecule has 4 rings (SSSR count). The van der Waals surface area contributed by atoms with Crippen molar-refractivity contribution in [2.45, 2.75) is 31.2 Å². The van der Waals surface area contributed by atoms with Crippen molar-refractivity contribution in [1.82, 2.24) is 14.6 Å². The van der Waals surface area contributed by atoms with Gasteiger partial charge in [0.05, 0.1) is 11.4 Å². The molecule has 7 nitrogen and oxygen atoms in total. The van der Waals surface area contributed by atoms with Crippen LogP contribution in [0.1, 0.15) is 23.2 Å². The highest BCUT2D eigenvalue weighted by Gasteiger charge is 2.26. The first-order chi connectivity index (χ1) is 14.0. The molecule has 1 saturated heterocycles. The maximum atomic E-state index is 12.8. The highest BCUT2D eigenvalue weighted by Crippen LogP contribution is 2.29. The van der Waals surface area contributed by atoms with E-state index in [1.54, 1.807) is 4.68 Å². The Bertz CT molecular complexity index is 949. The van der Waals surface area contributed by atoms with E-state index in [0.717, 1.165) is 67.9 Å². The second-order valence-corrected chi connectivity index (χ2v) is 8.71. The van der Waals surface area contributed by atoms with Crippen LogP contribution in [0.5, 0.6) is 0 Å². The number of likely N-dealkylation sites (N-methyl/N-ethyl adjacent to an activating group) is 1. The van der Waals surface area contributed by atoms with Crippen LogP contribution in [0.15, 0.2) is 34.1 Å². The quantitative estimate of drug-likeness (QED) is 0.594. The fourth-order valence-electron chi connectivity index (χ4n) is 3.88. The zero-order valence-corrected chi connectivity index (χ0v) is 17.8. The van der Waals surface area contributed by atoms with E-state index < -0.39 is 0 Å². The van der Waals surface area contributed by atoms with Gasteiger partial charge in [-0.3, -0.25) is 4.79 Å². The Morgan fingerprint density at radius 1 is 1.14 bits per heavy atom. The first-order valence-electron chi connectivity index (χ1n) is 10.1. The Labute approximate surface area is 175 Å². The molecule has 8 heteroatoms. The van der Waals surface area contributed by atoms with E-state index in [1.807, 2.05) is 31.2 Å². The lowest BCUT2D eigenvalue weighted by Gasteiger charge is -2.35. The molecule has 0 saturated carbocycles. The number of piperazine rings is 1. The zero-order valence-electron chi connectivity index (χ0n) is 17.0. The molecule has 0 atom stereocenters. The van der Waals surface area contributed by atoms with Crippen molar-refractivity contribution in [2.75, 3.05) is 49.3 Å². The summed E-state index contributed by atoms with van der Waals surface area (Å²) in [6.45, 7) is 5.55. The summed E-state index contributed by atoms with van der Waals surface area (Å²) in [5.74, 6) is 0.154. The van der Waals surface area contributed by atoms with Crippen molar-refractivity contribution in [3.63, 3.8) is 0 Å². The van der Waals surface area contributed by atoms with Gasteiger partial charge < -0.3 is 15.2 Å². The molecule has 0 bridgehead atoms. The minimum Gasteiger partial charge on any atom is -0.325 e. The van der Waals surface area contributed by atoms with Crippen LogP contribution in [-0.4, -0.2) is 59.4 Å². The number of aryl methyl sites for hydroxylation is 1. The van der Waals surface area contributed by atoms with Gasteiger partial charge in [0.25, 0.3) is 0 Å². The van der Waals surface area contributed by atoms with Gasteiger partial charge in [0, 0.05) is 37.4 Å². The van der Waals surface area contributed by atoms with E-state index in [2.05, 4.69) is 27.3 Å². The van der Waals surface area contributed by atoms with Gasteiger partial charge in [-0.1, -0.05) is 29.5 Å². The molecule has 1 aliphatic carbocycles. The molecule has 1 amide bonds. The number of hydrogen-bond donors (Lipinski definition) is 1. The van der Waals surface area contributed by atoms with Crippen LogP contribution in [0.25, 0.3) is 0 Å². The number of nitrogens with zero attached hydrogens (tertiary/aromatic N) is 4. The number of aromatic nitrogens is 2. The molecule has 29 heavy (non-hydrogen) atoms. The molecule has 2 aromatic rings. The summed E-state index contributed by atoms with van der Waals surface area (Å²) in [6.07, 6.45) is 2.83. The first-order valence-corrected chi connectivity index (χ1v) is 11.1. The number of benzene rings is 1. The number of thioether (sulfide) groups is 1. The fourth-order valence-corrected chi connectivity index (χ4v) is 4.76. The van der Waals surface area contributed by atoms with Crippen LogP contribution >= 0.6 is 11.8 Å². The molecule has 1 aromatic heterocycles. The lowest BCUT2D eigenvalue weighted by Crippen LogP contribution is -2.54. The molecule has 0 radical (unpaired) electrons. The van der Waals surface area contributed by atoms with Gasteiger partial charge in [0.15, 0.2) is 0 Å². The van der Waals surface area contributed by atoms with Crippen LogP contribution < -0.4 is 16.0 Å². The normalized spacial score (nSPS) is 16.7. The Morgan fingerprint density at radius 2 is 1.86 bits per heavy atom. The molecule has 2 heterocycles. The summed E-state index contributed by atoms with van der Waals surface area (Å²) in [6, 6.07) is 7.72. The summed E-state index contributed by atoms with van der Waals surface area (Å²) in [5.41, 5.74) is 3.92. The largest absolute Gasteiger partial charge is 0.367 e. The third-order valence-electron chi connectivity index (χ3n) is 5.52. The standard InChI is InChI=1S/C21H27N5O2S/c1-15-6-8-16(9-7-15)22-19(27)14-29-20-17-4-3-5-18(17)26(21(28)23-20)25-12-10-24(2)11-13-25/h6-9H,3-5,10-14H2,1-2H3,(H,22,27). The van der Waals surface area contributed by atoms with E-state index in [1.165, 1.54) is 11.8 Å². The topological polar surface area (TPSA) is 70.5 Å². The minimum absolute atomic E-state index is 0.0874. The smallest absolute Gasteiger partial charge is 0.325 e. The van der Waals surface area contributed by atoms with Gasteiger partial charge >= 0.3 is 5.69 Å². The van der Waals surface area contributed by atoms with Crippen molar-refractivity contribution in [3.05, 3.63) is 51.6 Å². The van der Waals surface area contributed by atoms with Gasteiger partial charge in [0.1, 0.15) is 5.03 Å². The van der Waals surface area contributed by atoms with Crippen LogP contribution in [0, 0.1) is 6.92 Å². The minimum atomic E-state index is -0.225. The van der Waals surface area contributed by atoms with E-state index in [9.17, 15) is 9.59 Å². The Morgan fingerprint density at radius 3 is 2.59 bits per heavy atom. The van der Waals surface area contributed by atoms with Gasteiger partial charge in [-0.2, -0.15) is 4.98 Å². The number of carbonyl (C=O) groups excluding carboxylic acids is 1. The maximum absolute atomic E-state index is 12.8. The zero-order chi connectivity index (χ0) is 20.4. The molecular formula is C21H27N5O2S. The number of anilines is 1. The lowest BCUT2D eigenvalue weighted by atomic mass is 10.2. The number of carbonyl (C=O) groups is 1. The second kappa shape index (κ2) is 8.59. The highest BCUT2D eigenvalue weighted by molar-refractivity contribution is 8.00. The number of nitrogens with one attached hydrogen (secondary N) is 1. The molecule has 0 spiro atoms. The number of fused-ring (bicyclic) bond motifs is 1. The third kappa shape index (κ3) is 4.48. The van der Waals surface area contributed by atoms with Crippen LogP contribution in [-0.2, 0) is 17.6 Å².